The topological polar surface area (TPSA) is 21.7 Å². The molecule has 1 aromatic carbocycles. The minimum atomic E-state index is 0.771. The molecule has 0 unspecified atom stereocenters. The van der Waals surface area contributed by atoms with Gasteiger partial charge < -0.3 is 9.47 Å². The first-order valence-corrected chi connectivity index (χ1v) is 7.68. The Balaban J connectivity index is 2.49. The molecule has 0 saturated heterocycles. The molecule has 1 rings (SSSR count). The van der Waals surface area contributed by atoms with E-state index in [1.54, 1.807) is 0 Å². The Morgan fingerprint density at radius 3 is 2.11 bits per heavy atom. The van der Waals surface area contributed by atoms with Crippen LogP contribution in [0.1, 0.15) is 19.4 Å². The average molecular weight is 330 g/mol. The summed E-state index contributed by atoms with van der Waals surface area (Å²) in [6.45, 7) is 9.92. The fourth-order valence-electron chi connectivity index (χ4n) is 1.81. The second kappa shape index (κ2) is 10.4. The van der Waals surface area contributed by atoms with Crippen molar-refractivity contribution in [1.82, 2.24) is 4.90 Å². The van der Waals surface area contributed by atoms with Gasteiger partial charge in [-0.25, -0.2) is 0 Å². The first kappa shape index (κ1) is 16.6. The summed E-state index contributed by atoms with van der Waals surface area (Å²) in [5, 5.41) is 0. The molecule has 0 aliphatic heterocycles. The van der Waals surface area contributed by atoms with Gasteiger partial charge in [-0.15, -0.1) is 0 Å². The van der Waals surface area contributed by atoms with E-state index in [1.165, 1.54) is 5.56 Å². The number of benzene rings is 1. The predicted octanol–water partition coefficient (Wildman–Crippen LogP) is 3.32. The van der Waals surface area contributed by atoms with Gasteiger partial charge in [0.25, 0.3) is 0 Å². The van der Waals surface area contributed by atoms with Gasteiger partial charge in [-0.1, -0.05) is 34.1 Å². The molecule has 0 aliphatic rings. The van der Waals surface area contributed by atoms with Gasteiger partial charge in [-0.2, -0.15) is 0 Å². The van der Waals surface area contributed by atoms with Crippen molar-refractivity contribution in [3.63, 3.8) is 0 Å². The van der Waals surface area contributed by atoms with E-state index >= 15 is 0 Å². The average Bonchev–Trinajstić information content (AvgIpc) is 2.41. The summed E-state index contributed by atoms with van der Waals surface area (Å²) in [5.74, 6) is 0. The van der Waals surface area contributed by atoms with Gasteiger partial charge >= 0.3 is 0 Å². The molecule has 0 aliphatic carbocycles. The van der Waals surface area contributed by atoms with Crippen LogP contribution >= 0.6 is 15.9 Å². The molecule has 3 nitrogen and oxygen atoms in total. The molecule has 1 aromatic rings. The zero-order chi connectivity index (χ0) is 13.9. The minimum absolute atomic E-state index is 0.771. The van der Waals surface area contributed by atoms with Crippen molar-refractivity contribution in [3.05, 3.63) is 34.3 Å². The number of halogens is 1. The highest BCUT2D eigenvalue weighted by atomic mass is 79.9. The van der Waals surface area contributed by atoms with Crippen molar-refractivity contribution in [2.24, 2.45) is 0 Å². The van der Waals surface area contributed by atoms with Crippen LogP contribution in [-0.4, -0.2) is 44.4 Å². The standard InChI is InChI=1S/C15H24BrNO2/c1-3-18-11-9-17(10-12-19-4-2)13-14-7-5-6-8-15(14)16/h5-8H,3-4,9-13H2,1-2H3. The molecular weight excluding hydrogens is 306 g/mol. The molecule has 19 heavy (non-hydrogen) atoms. The summed E-state index contributed by atoms with van der Waals surface area (Å²) >= 11 is 3.60. The monoisotopic (exact) mass is 329 g/mol. The Bertz CT molecular complexity index is 337. The molecule has 0 N–H and O–H groups in total. The van der Waals surface area contributed by atoms with E-state index in [0.717, 1.165) is 50.5 Å². The van der Waals surface area contributed by atoms with E-state index in [4.69, 9.17) is 9.47 Å². The highest BCUT2D eigenvalue weighted by Gasteiger charge is 2.08. The van der Waals surface area contributed by atoms with Crippen molar-refractivity contribution in [2.75, 3.05) is 39.5 Å². The molecule has 4 heteroatoms. The van der Waals surface area contributed by atoms with E-state index < -0.39 is 0 Å². The summed E-state index contributed by atoms with van der Waals surface area (Å²) in [6.07, 6.45) is 0. The van der Waals surface area contributed by atoms with Crippen molar-refractivity contribution in [3.8, 4) is 0 Å². The van der Waals surface area contributed by atoms with E-state index in [0.29, 0.717) is 0 Å². The third-order valence-corrected chi connectivity index (χ3v) is 3.64. The lowest BCUT2D eigenvalue weighted by molar-refractivity contribution is 0.0797. The van der Waals surface area contributed by atoms with Gasteiger partial charge in [-0.3, -0.25) is 4.90 Å². The summed E-state index contributed by atoms with van der Waals surface area (Å²) in [5.41, 5.74) is 1.30. The van der Waals surface area contributed by atoms with Gasteiger partial charge in [0, 0.05) is 37.3 Å². The second-order valence-corrected chi connectivity index (χ2v) is 5.12. The molecular formula is C15H24BrNO2. The molecule has 0 atom stereocenters. The number of ether oxygens (including phenoxy) is 2. The SMILES string of the molecule is CCOCCN(CCOCC)Cc1ccccc1Br. The van der Waals surface area contributed by atoms with Gasteiger partial charge in [0.15, 0.2) is 0 Å². The quantitative estimate of drug-likeness (QED) is 0.614. The number of rotatable bonds is 10. The van der Waals surface area contributed by atoms with E-state index in [2.05, 4.69) is 39.0 Å². The Labute approximate surface area is 125 Å². The van der Waals surface area contributed by atoms with Crippen LogP contribution in [-0.2, 0) is 16.0 Å². The highest BCUT2D eigenvalue weighted by molar-refractivity contribution is 9.10. The van der Waals surface area contributed by atoms with Crippen molar-refractivity contribution < 1.29 is 9.47 Å². The lowest BCUT2D eigenvalue weighted by Crippen LogP contribution is -2.30. The first-order chi connectivity index (χ1) is 9.27. The van der Waals surface area contributed by atoms with Crippen LogP contribution in [0.2, 0.25) is 0 Å². The predicted molar refractivity (Wildman–Crippen MR) is 82.4 cm³/mol. The third kappa shape index (κ3) is 7.06. The third-order valence-electron chi connectivity index (χ3n) is 2.86. The molecule has 0 fully saturated rings. The molecule has 0 radical (unpaired) electrons. The maximum Gasteiger partial charge on any atom is 0.0593 e. The van der Waals surface area contributed by atoms with Crippen LogP contribution in [0.4, 0.5) is 0 Å². The van der Waals surface area contributed by atoms with Gasteiger partial charge in [0.2, 0.25) is 0 Å². The second-order valence-electron chi connectivity index (χ2n) is 4.26. The van der Waals surface area contributed by atoms with Gasteiger partial charge in [0.05, 0.1) is 13.2 Å². The van der Waals surface area contributed by atoms with Crippen molar-refractivity contribution in [2.45, 2.75) is 20.4 Å². The normalized spacial score (nSPS) is 11.2. The zero-order valence-electron chi connectivity index (χ0n) is 11.9. The molecule has 0 spiro atoms. The fraction of sp³-hybridized carbons (Fsp3) is 0.600. The lowest BCUT2D eigenvalue weighted by Gasteiger charge is -2.22. The van der Waals surface area contributed by atoms with Crippen LogP contribution < -0.4 is 0 Å². The lowest BCUT2D eigenvalue weighted by atomic mass is 10.2. The number of nitrogens with zero attached hydrogens (tertiary/aromatic N) is 1. The summed E-state index contributed by atoms with van der Waals surface area (Å²) < 4.78 is 12.0. The summed E-state index contributed by atoms with van der Waals surface area (Å²) in [4.78, 5) is 2.37. The molecule has 0 aromatic heterocycles. The number of hydrogen-bond acceptors (Lipinski definition) is 3. The van der Waals surface area contributed by atoms with Crippen molar-refractivity contribution in [1.29, 1.82) is 0 Å². The Morgan fingerprint density at radius 1 is 1.00 bits per heavy atom. The smallest absolute Gasteiger partial charge is 0.0593 e. The van der Waals surface area contributed by atoms with E-state index in [1.807, 2.05) is 19.9 Å². The van der Waals surface area contributed by atoms with Crippen LogP contribution in [0.3, 0.4) is 0 Å². The Hall–Kier alpha value is -0.420. The molecule has 0 saturated carbocycles. The largest absolute Gasteiger partial charge is 0.380 e. The van der Waals surface area contributed by atoms with Crippen LogP contribution in [0, 0.1) is 0 Å². The molecule has 0 amide bonds. The van der Waals surface area contributed by atoms with E-state index in [9.17, 15) is 0 Å². The van der Waals surface area contributed by atoms with Gasteiger partial charge in [0.1, 0.15) is 0 Å². The molecule has 0 heterocycles. The van der Waals surface area contributed by atoms with Crippen molar-refractivity contribution >= 4 is 15.9 Å². The summed E-state index contributed by atoms with van der Waals surface area (Å²) in [6, 6.07) is 8.35. The van der Waals surface area contributed by atoms with Crippen LogP contribution in [0.25, 0.3) is 0 Å². The maximum absolute atomic E-state index is 5.44. The van der Waals surface area contributed by atoms with Gasteiger partial charge in [-0.05, 0) is 25.5 Å². The zero-order valence-corrected chi connectivity index (χ0v) is 13.5. The summed E-state index contributed by atoms with van der Waals surface area (Å²) in [7, 11) is 0. The first-order valence-electron chi connectivity index (χ1n) is 6.89. The van der Waals surface area contributed by atoms with Crippen LogP contribution in [0.5, 0.6) is 0 Å². The Morgan fingerprint density at radius 2 is 1.58 bits per heavy atom. The molecule has 108 valence electrons. The Kier molecular flexibility index (Phi) is 9.08. The fourth-order valence-corrected chi connectivity index (χ4v) is 2.22. The minimum Gasteiger partial charge on any atom is -0.380 e. The molecule has 0 bridgehead atoms. The number of hydrogen-bond donors (Lipinski definition) is 0. The van der Waals surface area contributed by atoms with Crippen LogP contribution in [0.15, 0.2) is 28.7 Å². The maximum atomic E-state index is 5.44. The van der Waals surface area contributed by atoms with E-state index in [-0.39, 0.29) is 0 Å². The highest BCUT2D eigenvalue weighted by Crippen LogP contribution is 2.17.